The molecule has 180 valence electrons. The van der Waals surface area contributed by atoms with Crippen molar-refractivity contribution in [2.75, 3.05) is 20.3 Å². The van der Waals surface area contributed by atoms with E-state index in [9.17, 15) is 24.3 Å². The van der Waals surface area contributed by atoms with Crippen LogP contribution in [0.5, 0.6) is 0 Å². The van der Waals surface area contributed by atoms with Crippen LogP contribution in [0.4, 0.5) is 0 Å². The van der Waals surface area contributed by atoms with Crippen molar-refractivity contribution in [1.82, 2.24) is 10.6 Å². The van der Waals surface area contributed by atoms with Crippen molar-refractivity contribution in [3.63, 3.8) is 0 Å². The van der Waals surface area contributed by atoms with Crippen molar-refractivity contribution in [2.24, 2.45) is 11.8 Å². The number of esters is 2. The predicted octanol–water partition coefficient (Wildman–Crippen LogP) is 1.44. The van der Waals surface area contributed by atoms with Gasteiger partial charge in [0.1, 0.15) is 12.5 Å². The number of aliphatic hydroxyl groups excluding tert-OH is 1. The maximum Gasteiger partial charge on any atom is 0.331 e. The highest BCUT2D eigenvalue weighted by molar-refractivity contribution is 6.01. The van der Waals surface area contributed by atoms with Gasteiger partial charge in [0.15, 0.2) is 6.04 Å². The van der Waals surface area contributed by atoms with Crippen LogP contribution in [0.2, 0.25) is 0 Å². The second-order valence-corrected chi connectivity index (χ2v) is 7.37. The molecule has 0 heterocycles. The number of hydrogen-bond donors (Lipinski definition) is 3. The highest BCUT2D eigenvalue weighted by atomic mass is 16.5. The van der Waals surface area contributed by atoms with Gasteiger partial charge in [-0.15, -0.1) is 13.2 Å². The first-order valence-electron chi connectivity index (χ1n) is 10.5. The summed E-state index contributed by atoms with van der Waals surface area (Å²) in [7, 11) is 1.13. The topological polar surface area (TPSA) is 131 Å². The van der Waals surface area contributed by atoms with Gasteiger partial charge in [-0.25, -0.2) is 4.79 Å². The molecule has 1 aromatic rings. The largest absolute Gasteiger partial charge is 0.467 e. The Labute approximate surface area is 193 Å². The zero-order chi connectivity index (χ0) is 24.8. The normalized spacial score (nSPS) is 14.0. The molecule has 1 aromatic carbocycles. The summed E-state index contributed by atoms with van der Waals surface area (Å²) in [6.45, 7) is 7.95. The molecule has 33 heavy (non-hydrogen) atoms. The zero-order valence-corrected chi connectivity index (χ0v) is 19.0. The third-order valence-electron chi connectivity index (χ3n) is 4.85. The lowest BCUT2D eigenvalue weighted by Gasteiger charge is -2.23. The number of methoxy groups -OCH3 is 1. The molecule has 0 bridgehead atoms. The molecule has 4 atom stereocenters. The third-order valence-corrected chi connectivity index (χ3v) is 4.85. The van der Waals surface area contributed by atoms with Crippen LogP contribution in [0.3, 0.4) is 0 Å². The number of carbonyl (C=O) groups is 4. The third kappa shape index (κ3) is 8.89. The predicted molar refractivity (Wildman–Crippen MR) is 122 cm³/mol. The van der Waals surface area contributed by atoms with Gasteiger partial charge in [-0.1, -0.05) is 49.4 Å². The van der Waals surface area contributed by atoms with E-state index in [-0.39, 0.29) is 13.0 Å². The minimum atomic E-state index is -1.30. The summed E-state index contributed by atoms with van der Waals surface area (Å²) in [5.41, 5.74) is 0.666. The molecule has 2 amide bonds. The Balaban J connectivity index is 2.90. The van der Waals surface area contributed by atoms with Gasteiger partial charge >= 0.3 is 11.9 Å². The summed E-state index contributed by atoms with van der Waals surface area (Å²) in [4.78, 5) is 49.8. The van der Waals surface area contributed by atoms with Gasteiger partial charge in [0, 0.05) is 0 Å². The first-order valence-corrected chi connectivity index (χ1v) is 10.5. The molecule has 0 fully saturated rings. The van der Waals surface area contributed by atoms with Crippen molar-refractivity contribution >= 4 is 23.8 Å². The van der Waals surface area contributed by atoms with E-state index in [0.29, 0.717) is 12.0 Å². The van der Waals surface area contributed by atoms with E-state index in [4.69, 9.17) is 4.74 Å². The Hall–Kier alpha value is -3.46. The summed E-state index contributed by atoms with van der Waals surface area (Å²) in [6.07, 6.45) is 3.33. The molecule has 3 N–H and O–H groups in total. The van der Waals surface area contributed by atoms with Crippen LogP contribution in [0.15, 0.2) is 55.6 Å². The van der Waals surface area contributed by atoms with Crippen LogP contribution in [-0.4, -0.2) is 55.2 Å². The lowest BCUT2D eigenvalue weighted by Crippen LogP contribution is -2.50. The summed E-state index contributed by atoms with van der Waals surface area (Å²) in [6, 6.07) is 6.77. The van der Waals surface area contributed by atoms with Crippen molar-refractivity contribution < 1.29 is 33.8 Å². The Morgan fingerprint density at radius 1 is 1.00 bits per heavy atom. The Morgan fingerprint density at radius 2 is 1.61 bits per heavy atom. The number of amides is 2. The highest BCUT2D eigenvalue weighted by Gasteiger charge is 2.32. The van der Waals surface area contributed by atoms with Crippen LogP contribution >= 0.6 is 0 Å². The minimum absolute atomic E-state index is 0.0192. The average molecular weight is 461 g/mol. The zero-order valence-electron chi connectivity index (χ0n) is 19.0. The average Bonchev–Trinajstić information content (AvgIpc) is 2.83. The molecule has 9 heteroatoms. The van der Waals surface area contributed by atoms with Crippen LogP contribution in [-0.2, 0) is 28.7 Å². The number of hydrogen-bond acceptors (Lipinski definition) is 7. The van der Waals surface area contributed by atoms with Gasteiger partial charge in [-0.3, -0.25) is 14.4 Å². The molecule has 0 saturated heterocycles. The van der Waals surface area contributed by atoms with Crippen LogP contribution in [0.1, 0.15) is 31.4 Å². The molecular formula is C24H32N2O7. The molecule has 9 nitrogen and oxygen atoms in total. The van der Waals surface area contributed by atoms with E-state index in [2.05, 4.69) is 28.5 Å². The van der Waals surface area contributed by atoms with Crippen molar-refractivity contribution in [3.8, 4) is 0 Å². The van der Waals surface area contributed by atoms with Gasteiger partial charge < -0.3 is 25.2 Å². The Bertz CT molecular complexity index is 825. The van der Waals surface area contributed by atoms with Gasteiger partial charge in [0.2, 0.25) is 11.8 Å². The fourth-order valence-electron chi connectivity index (χ4n) is 2.93. The monoisotopic (exact) mass is 460 g/mol. The summed E-state index contributed by atoms with van der Waals surface area (Å²) < 4.78 is 9.80. The van der Waals surface area contributed by atoms with Gasteiger partial charge in [-0.05, 0) is 18.4 Å². The lowest BCUT2D eigenvalue weighted by molar-refractivity contribution is -0.155. The molecule has 0 aliphatic rings. The fourth-order valence-corrected chi connectivity index (χ4v) is 2.93. The van der Waals surface area contributed by atoms with Crippen LogP contribution in [0, 0.1) is 11.8 Å². The summed E-state index contributed by atoms with van der Waals surface area (Å²) in [5, 5.41) is 14.7. The maximum atomic E-state index is 12.8. The second-order valence-electron chi connectivity index (χ2n) is 7.37. The molecule has 0 saturated carbocycles. The number of rotatable bonds is 14. The first-order chi connectivity index (χ1) is 15.8. The molecule has 0 radical (unpaired) electrons. The number of nitrogens with one attached hydrogen (secondary N) is 2. The van der Waals surface area contributed by atoms with Gasteiger partial charge in [-0.2, -0.15) is 0 Å². The van der Waals surface area contributed by atoms with Crippen molar-refractivity contribution in [3.05, 3.63) is 61.2 Å². The molecular weight excluding hydrogens is 428 g/mol. The van der Waals surface area contributed by atoms with Crippen LogP contribution in [0.25, 0.3) is 0 Å². The first kappa shape index (κ1) is 27.6. The molecule has 1 rings (SSSR count). The number of allylic oxidation sites excluding steroid dienone is 2. The standard InChI is InChI=1S/C24H32N2O7/c1-5-10-16(3)23(30)33-15-20(24(31)32-4)26-22(29)18(11-6-2)21(28)25-19(14-27)17-12-8-7-9-13-17/h5-9,12-13,16,18-20,27H,1-2,10-11,14-15H2,3-4H3,(H,25,28)(H,26,29)/t16-,18?,19-,20+/m0/s1. The summed E-state index contributed by atoms with van der Waals surface area (Å²) in [5.74, 6) is -4.53. The Kier molecular flexibility index (Phi) is 12.2. The van der Waals surface area contributed by atoms with Crippen molar-refractivity contribution in [2.45, 2.75) is 31.8 Å². The number of benzene rings is 1. The quantitative estimate of drug-likeness (QED) is 0.217. The fraction of sp³-hybridized carbons (Fsp3) is 0.417. The SMILES string of the molecule is C=CCC(C(=O)N[C@@H](CO)c1ccccc1)C(=O)N[C@H](COC(=O)[C@@H](C)CC=C)C(=O)OC. The van der Waals surface area contributed by atoms with E-state index in [0.717, 1.165) is 7.11 Å². The number of aliphatic hydroxyl groups is 1. The highest BCUT2D eigenvalue weighted by Crippen LogP contribution is 2.14. The van der Waals surface area contributed by atoms with E-state index in [1.165, 1.54) is 6.08 Å². The Morgan fingerprint density at radius 3 is 2.15 bits per heavy atom. The smallest absolute Gasteiger partial charge is 0.331 e. The molecule has 0 aromatic heterocycles. The second kappa shape index (κ2) is 14.6. The molecule has 0 aliphatic heterocycles. The number of carbonyl (C=O) groups excluding carboxylic acids is 4. The van der Waals surface area contributed by atoms with Gasteiger partial charge in [0.05, 0.1) is 25.7 Å². The summed E-state index contributed by atoms with van der Waals surface area (Å²) >= 11 is 0. The number of ether oxygens (including phenoxy) is 2. The molecule has 1 unspecified atom stereocenters. The maximum absolute atomic E-state index is 12.8. The van der Waals surface area contributed by atoms with E-state index >= 15 is 0 Å². The van der Waals surface area contributed by atoms with Crippen LogP contribution < -0.4 is 10.6 Å². The van der Waals surface area contributed by atoms with Crippen molar-refractivity contribution in [1.29, 1.82) is 0 Å². The van der Waals surface area contributed by atoms with E-state index in [1.807, 2.05) is 0 Å². The van der Waals surface area contributed by atoms with Gasteiger partial charge in [0.25, 0.3) is 0 Å². The molecule has 0 spiro atoms. The van der Waals surface area contributed by atoms with E-state index < -0.39 is 54.3 Å². The minimum Gasteiger partial charge on any atom is -0.467 e. The van der Waals surface area contributed by atoms with E-state index in [1.54, 1.807) is 43.3 Å². The molecule has 0 aliphatic carbocycles. The lowest BCUT2D eigenvalue weighted by atomic mass is 10.0.